The summed E-state index contributed by atoms with van der Waals surface area (Å²) in [4.78, 5) is 16.3. The SMILES string of the molecule is CC[C@H](O)P(=O)(O)O. The second-order valence-electron chi connectivity index (χ2n) is 1.48. The number of rotatable bonds is 2. The molecule has 0 radical (unpaired) electrons. The van der Waals surface area contributed by atoms with E-state index in [-0.39, 0.29) is 6.42 Å². The second-order valence-corrected chi connectivity index (χ2v) is 3.25. The number of hydrogen-bond donors (Lipinski definition) is 3. The number of aliphatic hydroxyl groups is 1. The molecule has 8 heavy (non-hydrogen) atoms. The van der Waals surface area contributed by atoms with Crippen molar-refractivity contribution >= 4 is 7.60 Å². The minimum Gasteiger partial charge on any atom is -0.380 e. The van der Waals surface area contributed by atoms with Crippen molar-refractivity contribution in [2.45, 2.75) is 19.2 Å². The van der Waals surface area contributed by atoms with E-state index >= 15 is 0 Å². The van der Waals surface area contributed by atoms with E-state index in [1.54, 1.807) is 0 Å². The highest BCUT2D eigenvalue weighted by Crippen LogP contribution is 2.40. The van der Waals surface area contributed by atoms with Crippen molar-refractivity contribution in [3.8, 4) is 0 Å². The highest BCUT2D eigenvalue weighted by molar-refractivity contribution is 7.52. The maximum Gasteiger partial charge on any atom is 0.353 e. The van der Waals surface area contributed by atoms with E-state index in [0.29, 0.717) is 0 Å². The molecule has 0 amide bonds. The van der Waals surface area contributed by atoms with Gasteiger partial charge in [-0.2, -0.15) is 0 Å². The van der Waals surface area contributed by atoms with Gasteiger partial charge < -0.3 is 14.9 Å². The third-order valence-corrected chi connectivity index (χ3v) is 1.90. The van der Waals surface area contributed by atoms with Crippen LogP contribution in [0.2, 0.25) is 0 Å². The molecule has 0 aliphatic rings. The highest BCUT2D eigenvalue weighted by atomic mass is 31.2. The highest BCUT2D eigenvalue weighted by Gasteiger charge is 2.23. The van der Waals surface area contributed by atoms with E-state index in [2.05, 4.69) is 0 Å². The molecule has 3 N–H and O–H groups in total. The average molecular weight is 140 g/mol. The fourth-order valence-electron chi connectivity index (χ4n) is 0.238. The first-order chi connectivity index (χ1) is 3.48. The Labute approximate surface area is 47.3 Å². The molecule has 0 unspecified atom stereocenters. The lowest BCUT2D eigenvalue weighted by Gasteiger charge is -2.07. The first-order valence-corrected chi connectivity index (χ1v) is 3.90. The maximum atomic E-state index is 10.0. The molecule has 0 aliphatic carbocycles. The smallest absolute Gasteiger partial charge is 0.353 e. The van der Waals surface area contributed by atoms with E-state index < -0.39 is 13.4 Å². The van der Waals surface area contributed by atoms with Gasteiger partial charge in [0.05, 0.1) is 0 Å². The van der Waals surface area contributed by atoms with Crippen molar-refractivity contribution in [2.24, 2.45) is 0 Å². The van der Waals surface area contributed by atoms with Crippen LogP contribution in [0.1, 0.15) is 13.3 Å². The Morgan fingerprint density at radius 1 is 1.62 bits per heavy atom. The average Bonchev–Trinajstić information content (AvgIpc) is 1.62. The van der Waals surface area contributed by atoms with Gasteiger partial charge in [0.15, 0.2) is 5.85 Å². The molecule has 50 valence electrons. The quantitative estimate of drug-likeness (QED) is 0.468. The van der Waals surface area contributed by atoms with E-state index in [4.69, 9.17) is 14.9 Å². The molecule has 0 saturated carbocycles. The summed E-state index contributed by atoms with van der Waals surface area (Å²) in [5.74, 6) is -1.48. The van der Waals surface area contributed by atoms with Crippen LogP contribution in [-0.4, -0.2) is 20.7 Å². The van der Waals surface area contributed by atoms with Gasteiger partial charge in [-0.25, -0.2) is 0 Å². The van der Waals surface area contributed by atoms with E-state index in [1.807, 2.05) is 0 Å². The van der Waals surface area contributed by atoms with Gasteiger partial charge in [0.25, 0.3) is 0 Å². The largest absolute Gasteiger partial charge is 0.380 e. The monoisotopic (exact) mass is 140 g/mol. The van der Waals surface area contributed by atoms with Crippen LogP contribution in [0.3, 0.4) is 0 Å². The molecule has 0 rings (SSSR count). The number of hydrogen-bond acceptors (Lipinski definition) is 2. The summed E-state index contributed by atoms with van der Waals surface area (Å²) in [6.07, 6.45) is 0.0876. The van der Waals surface area contributed by atoms with Gasteiger partial charge in [-0.1, -0.05) is 6.92 Å². The first kappa shape index (κ1) is 8.11. The lowest BCUT2D eigenvalue weighted by atomic mass is 10.5. The van der Waals surface area contributed by atoms with Crippen molar-refractivity contribution < 1.29 is 19.5 Å². The maximum absolute atomic E-state index is 10.0. The summed E-state index contributed by atoms with van der Waals surface area (Å²) in [5.41, 5.74) is 0. The van der Waals surface area contributed by atoms with Gasteiger partial charge in [-0.15, -0.1) is 0 Å². The lowest BCUT2D eigenvalue weighted by Crippen LogP contribution is -2.03. The summed E-state index contributed by atoms with van der Waals surface area (Å²) in [7, 11) is -4.20. The summed E-state index contributed by atoms with van der Waals surface area (Å²) in [6, 6.07) is 0. The second kappa shape index (κ2) is 2.60. The van der Waals surface area contributed by atoms with E-state index in [1.165, 1.54) is 6.92 Å². The minimum atomic E-state index is -4.20. The zero-order valence-electron chi connectivity index (χ0n) is 4.48. The summed E-state index contributed by atoms with van der Waals surface area (Å²) < 4.78 is 10.0. The summed E-state index contributed by atoms with van der Waals surface area (Å²) in [5, 5.41) is 8.43. The van der Waals surface area contributed by atoms with Crippen LogP contribution in [0, 0.1) is 0 Å². The predicted octanol–water partition coefficient (Wildman–Crippen LogP) is -0.107. The third kappa shape index (κ3) is 2.43. The van der Waals surface area contributed by atoms with Crippen molar-refractivity contribution in [3.05, 3.63) is 0 Å². The summed E-state index contributed by atoms with van der Waals surface area (Å²) in [6.45, 7) is 1.50. The molecule has 4 nitrogen and oxygen atoms in total. The third-order valence-electron chi connectivity index (χ3n) is 0.753. The molecule has 5 heteroatoms. The van der Waals surface area contributed by atoms with Crippen molar-refractivity contribution in [2.75, 3.05) is 0 Å². The molecule has 0 aromatic heterocycles. The Bertz CT molecular complexity index is 106. The standard InChI is InChI=1S/C3H9O4P/c1-2-3(4)8(5,6)7/h3-4H,2H2,1H3,(H2,5,6,7)/t3-/m1/s1. The van der Waals surface area contributed by atoms with Gasteiger partial charge in [0, 0.05) is 0 Å². The van der Waals surface area contributed by atoms with Crippen LogP contribution in [-0.2, 0) is 4.57 Å². The van der Waals surface area contributed by atoms with Crippen LogP contribution in [0.25, 0.3) is 0 Å². The van der Waals surface area contributed by atoms with Gasteiger partial charge in [0.1, 0.15) is 0 Å². The molecular formula is C3H9O4P. The Kier molecular flexibility index (Phi) is 2.63. The molecule has 0 fully saturated rings. The number of aliphatic hydroxyl groups excluding tert-OH is 1. The van der Waals surface area contributed by atoms with Gasteiger partial charge in [0.2, 0.25) is 0 Å². The summed E-state index contributed by atoms with van der Waals surface area (Å²) >= 11 is 0. The van der Waals surface area contributed by atoms with Gasteiger partial charge >= 0.3 is 7.60 Å². The normalized spacial score (nSPS) is 16.0. The molecule has 0 spiro atoms. The molecule has 1 atom stereocenters. The molecule has 0 heterocycles. The molecule has 0 aromatic rings. The fourth-order valence-corrected chi connectivity index (χ4v) is 0.714. The molecule has 0 bridgehead atoms. The van der Waals surface area contributed by atoms with Crippen molar-refractivity contribution in [1.29, 1.82) is 0 Å². The Morgan fingerprint density at radius 3 is 2.00 bits per heavy atom. The first-order valence-electron chi connectivity index (χ1n) is 2.21. The van der Waals surface area contributed by atoms with Crippen molar-refractivity contribution in [3.63, 3.8) is 0 Å². The predicted molar refractivity (Wildman–Crippen MR) is 28.3 cm³/mol. The molecular weight excluding hydrogens is 131 g/mol. The Hall–Kier alpha value is 0.110. The van der Waals surface area contributed by atoms with E-state index in [9.17, 15) is 4.57 Å². The molecule has 0 aromatic carbocycles. The topological polar surface area (TPSA) is 77.8 Å². The minimum absolute atomic E-state index is 0.0876. The van der Waals surface area contributed by atoms with Gasteiger partial charge in [-0.3, -0.25) is 4.57 Å². The van der Waals surface area contributed by atoms with Crippen LogP contribution in [0.4, 0.5) is 0 Å². The van der Waals surface area contributed by atoms with E-state index in [0.717, 1.165) is 0 Å². The van der Waals surface area contributed by atoms with Crippen LogP contribution in [0.5, 0.6) is 0 Å². The Morgan fingerprint density at radius 2 is 2.00 bits per heavy atom. The van der Waals surface area contributed by atoms with Crippen LogP contribution >= 0.6 is 7.60 Å². The molecule has 0 aliphatic heterocycles. The zero-order valence-corrected chi connectivity index (χ0v) is 5.38. The van der Waals surface area contributed by atoms with Gasteiger partial charge in [-0.05, 0) is 6.42 Å². The Balaban J connectivity index is 3.82. The van der Waals surface area contributed by atoms with Crippen LogP contribution in [0.15, 0.2) is 0 Å². The fraction of sp³-hybridized carbons (Fsp3) is 1.00. The lowest BCUT2D eigenvalue weighted by molar-refractivity contribution is 0.199. The van der Waals surface area contributed by atoms with Crippen molar-refractivity contribution in [1.82, 2.24) is 0 Å². The van der Waals surface area contributed by atoms with Crippen LogP contribution < -0.4 is 0 Å². The zero-order chi connectivity index (χ0) is 6.78. The molecule has 0 saturated heterocycles.